The highest BCUT2D eigenvalue weighted by Crippen LogP contribution is 2.26. The Morgan fingerprint density at radius 1 is 1.11 bits per heavy atom. The summed E-state index contributed by atoms with van der Waals surface area (Å²) in [7, 11) is 0. The topological polar surface area (TPSA) is 35.2 Å². The molecular formula is C16H18FNO. The van der Waals surface area contributed by atoms with Gasteiger partial charge >= 0.3 is 0 Å². The van der Waals surface area contributed by atoms with Crippen LogP contribution in [0.2, 0.25) is 0 Å². The average molecular weight is 259 g/mol. The Labute approximate surface area is 113 Å². The van der Waals surface area contributed by atoms with Crippen LogP contribution in [0.3, 0.4) is 0 Å². The molecule has 0 radical (unpaired) electrons. The zero-order valence-electron chi connectivity index (χ0n) is 11.0. The fourth-order valence-corrected chi connectivity index (χ4v) is 2.06. The standard InChI is InChI=1S/C16H18FNO/c1-2-19-16-6-4-3-5-14(16)15(18)11-12-7-9-13(17)10-8-12/h3-10,15H,2,11,18H2,1H3. The molecule has 0 bridgehead atoms. The van der Waals surface area contributed by atoms with Crippen molar-refractivity contribution in [1.82, 2.24) is 0 Å². The molecule has 2 aromatic carbocycles. The van der Waals surface area contributed by atoms with Crippen LogP contribution in [0.15, 0.2) is 48.5 Å². The van der Waals surface area contributed by atoms with E-state index >= 15 is 0 Å². The molecule has 19 heavy (non-hydrogen) atoms. The molecule has 100 valence electrons. The van der Waals surface area contributed by atoms with Crippen LogP contribution < -0.4 is 10.5 Å². The van der Waals surface area contributed by atoms with Crippen molar-refractivity contribution in [2.24, 2.45) is 5.73 Å². The maximum atomic E-state index is 12.9. The van der Waals surface area contributed by atoms with Gasteiger partial charge in [0.15, 0.2) is 0 Å². The third-order valence-electron chi connectivity index (χ3n) is 2.99. The summed E-state index contributed by atoms with van der Waals surface area (Å²) in [6, 6.07) is 14.0. The molecule has 1 unspecified atom stereocenters. The molecule has 0 amide bonds. The summed E-state index contributed by atoms with van der Waals surface area (Å²) < 4.78 is 18.4. The molecule has 0 aliphatic rings. The summed E-state index contributed by atoms with van der Waals surface area (Å²) >= 11 is 0. The van der Waals surface area contributed by atoms with Gasteiger partial charge in [-0.1, -0.05) is 30.3 Å². The van der Waals surface area contributed by atoms with E-state index in [0.29, 0.717) is 13.0 Å². The molecule has 0 fully saturated rings. The number of nitrogens with two attached hydrogens (primary N) is 1. The second-order valence-electron chi connectivity index (χ2n) is 4.41. The Balaban J connectivity index is 2.15. The second kappa shape index (κ2) is 6.34. The van der Waals surface area contributed by atoms with Crippen molar-refractivity contribution in [3.63, 3.8) is 0 Å². The number of hydrogen-bond donors (Lipinski definition) is 1. The van der Waals surface area contributed by atoms with Gasteiger partial charge < -0.3 is 10.5 Å². The molecule has 2 aromatic rings. The summed E-state index contributed by atoms with van der Waals surface area (Å²) in [4.78, 5) is 0. The number of benzene rings is 2. The van der Waals surface area contributed by atoms with Crippen molar-refractivity contribution in [3.05, 3.63) is 65.5 Å². The van der Waals surface area contributed by atoms with Crippen LogP contribution in [0.25, 0.3) is 0 Å². The Kier molecular flexibility index (Phi) is 4.53. The van der Waals surface area contributed by atoms with Crippen LogP contribution in [0.1, 0.15) is 24.1 Å². The van der Waals surface area contributed by atoms with E-state index in [-0.39, 0.29) is 11.9 Å². The minimum absolute atomic E-state index is 0.159. The summed E-state index contributed by atoms with van der Waals surface area (Å²) in [6.07, 6.45) is 0.657. The van der Waals surface area contributed by atoms with Crippen LogP contribution in [-0.4, -0.2) is 6.61 Å². The predicted molar refractivity (Wildman–Crippen MR) is 74.6 cm³/mol. The minimum atomic E-state index is -0.230. The van der Waals surface area contributed by atoms with Crippen molar-refractivity contribution in [1.29, 1.82) is 0 Å². The molecule has 0 saturated heterocycles. The number of rotatable bonds is 5. The van der Waals surface area contributed by atoms with E-state index in [4.69, 9.17) is 10.5 Å². The molecule has 0 aliphatic heterocycles. The van der Waals surface area contributed by atoms with E-state index in [1.54, 1.807) is 12.1 Å². The lowest BCUT2D eigenvalue weighted by Crippen LogP contribution is -2.14. The van der Waals surface area contributed by atoms with Crippen LogP contribution in [0.4, 0.5) is 4.39 Å². The first-order valence-corrected chi connectivity index (χ1v) is 6.42. The van der Waals surface area contributed by atoms with Gasteiger partial charge in [-0.05, 0) is 37.1 Å². The minimum Gasteiger partial charge on any atom is -0.494 e. The van der Waals surface area contributed by atoms with Gasteiger partial charge in [0, 0.05) is 11.6 Å². The van der Waals surface area contributed by atoms with Crippen LogP contribution in [0, 0.1) is 5.82 Å². The predicted octanol–water partition coefficient (Wildman–Crippen LogP) is 3.47. The summed E-state index contributed by atoms with van der Waals surface area (Å²) in [6.45, 7) is 2.56. The third kappa shape index (κ3) is 3.55. The van der Waals surface area contributed by atoms with Gasteiger partial charge in [0.2, 0.25) is 0 Å². The summed E-state index contributed by atoms with van der Waals surface area (Å²) in [5.74, 6) is 0.589. The van der Waals surface area contributed by atoms with Crippen LogP contribution in [-0.2, 0) is 6.42 Å². The maximum absolute atomic E-state index is 12.9. The van der Waals surface area contributed by atoms with Gasteiger partial charge in [-0.3, -0.25) is 0 Å². The summed E-state index contributed by atoms with van der Waals surface area (Å²) in [5.41, 5.74) is 8.22. The third-order valence-corrected chi connectivity index (χ3v) is 2.99. The number of ether oxygens (including phenoxy) is 1. The zero-order valence-corrected chi connectivity index (χ0v) is 11.0. The van der Waals surface area contributed by atoms with Crippen LogP contribution in [0.5, 0.6) is 5.75 Å². The largest absolute Gasteiger partial charge is 0.494 e. The lowest BCUT2D eigenvalue weighted by molar-refractivity contribution is 0.334. The molecule has 2 rings (SSSR count). The van der Waals surface area contributed by atoms with Crippen molar-refractivity contribution in [2.75, 3.05) is 6.61 Å². The second-order valence-corrected chi connectivity index (χ2v) is 4.41. The van der Waals surface area contributed by atoms with Crippen molar-refractivity contribution >= 4 is 0 Å². The molecule has 0 aromatic heterocycles. The maximum Gasteiger partial charge on any atom is 0.124 e. The summed E-state index contributed by atoms with van der Waals surface area (Å²) in [5, 5.41) is 0. The Bertz CT molecular complexity index is 525. The number of halogens is 1. The fourth-order valence-electron chi connectivity index (χ4n) is 2.06. The van der Waals surface area contributed by atoms with Gasteiger partial charge in [0.05, 0.1) is 6.61 Å². The van der Waals surface area contributed by atoms with Crippen molar-refractivity contribution in [3.8, 4) is 5.75 Å². The molecule has 2 N–H and O–H groups in total. The van der Waals surface area contributed by atoms with Crippen molar-refractivity contribution < 1.29 is 9.13 Å². The fraction of sp³-hybridized carbons (Fsp3) is 0.250. The molecule has 2 nitrogen and oxygen atoms in total. The van der Waals surface area contributed by atoms with Gasteiger partial charge in [0.1, 0.15) is 11.6 Å². The lowest BCUT2D eigenvalue weighted by Gasteiger charge is -2.16. The van der Waals surface area contributed by atoms with Gasteiger partial charge in [0.25, 0.3) is 0 Å². The van der Waals surface area contributed by atoms with E-state index in [0.717, 1.165) is 16.9 Å². The van der Waals surface area contributed by atoms with E-state index in [1.807, 2.05) is 31.2 Å². The highest BCUT2D eigenvalue weighted by Gasteiger charge is 2.12. The van der Waals surface area contributed by atoms with Gasteiger partial charge in [-0.2, -0.15) is 0 Å². The first-order valence-electron chi connectivity index (χ1n) is 6.42. The highest BCUT2D eigenvalue weighted by atomic mass is 19.1. The first-order chi connectivity index (χ1) is 9.20. The Morgan fingerprint density at radius 2 is 1.79 bits per heavy atom. The SMILES string of the molecule is CCOc1ccccc1C(N)Cc1ccc(F)cc1. The first kappa shape index (κ1) is 13.6. The monoisotopic (exact) mass is 259 g/mol. The van der Waals surface area contributed by atoms with E-state index in [9.17, 15) is 4.39 Å². The average Bonchev–Trinajstić information content (AvgIpc) is 2.42. The van der Waals surface area contributed by atoms with E-state index < -0.39 is 0 Å². The van der Waals surface area contributed by atoms with Crippen LogP contribution >= 0.6 is 0 Å². The number of hydrogen-bond acceptors (Lipinski definition) is 2. The molecular weight excluding hydrogens is 241 g/mol. The molecule has 0 aliphatic carbocycles. The molecule has 0 saturated carbocycles. The molecule has 0 spiro atoms. The normalized spacial score (nSPS) is 12.2. The quantitative estimate of drug-likeness (QED) is 0.892. The smallest absolute Gasteiger partial charge is 0.124 e. The molecule has 1 atom stereocenters. The van der Waals surface area contributed by atoms with Crippen molar-refractivity contribution in [2.45, 2.75) is 19.4 Å². The van der Waals surface area contributed by atoms with Gasteiger partial charge in [-0.15, -0.1) is 0 Å². The molecule has 0 heterocycles. The number of para-hydroxylation sites is 1. The molecule has 3 heteroatoms. The Hall–Kier alpha value is -1.87. The van der Waals surface area contributed by atoms with Gasteiger partial charge in [-0.25, -0.2) is 4.39 Å². The zero-order chi connectivity index (χ0) is 13.7. The Morgan fingerprint density at radius 3 is 2.47 bits per heavy atom. The van der Waals surface area contributed by atoms with E-state index in [2.05, 4.69) is 0 Å². The lowest BCUT2D eigenvalue weighted by atomic mass is 9.99. The highest BCUT2D eigenvalue weighted by molar-refractivity contribution is 5.36. The van der Waals surface area contributed by atoms with E-state index in [1.165, 1.54) is 12.1 Å².